The predicted molar refractivity (Wildman–Crippen MR) is 82.8 cm³/mol. The molecule has 0 radical (unpaired) electrons. The van der Waals surface area contributed by atoms with Crippen LogP contribution in [0.4, 0.5) is 0 Å². The summed E-state index contributed by atoms with van der Waals surface area (Å²) in [5.74, 6) is 0. The van der Waals surface area contributed by atoms with Gasteiger partial charge in [-0.15, -0.1) is 0 Å². The summed E-state index contributed by atoms with van der Waals surface area (Å²) >= 11 is 0. The van der Waals surface area contributed by atoms with Crippen LogP contribution in [0.5, 0.6) is 0 Å². The lowest BCUT2D eigenvalue weighted by molar-refractivity contribution is 0.985. The van der Waals surface area contributed by atoms with Crippen molar-refractivity contribution in [1.82, 2.24) is 9.97 Å². The fourth-order valence-electron chi connectivity index (χ4n) is 1.78. The van der Waals surface area contributed by atoms with Gasteiger partial charge in [-0.25, -0.2) is 0 Å². The molecule has 0 saturated carbocycles. The first-order valence-corrected chi connectivity index (χ1v) is 6.68. The van der Waals surface area contributed by atoms with Crippen LogP contribution < -0.4 is 0 Å². The van der Waals surface area contributed by atoms with E-state index in [1.165, 1.54) is 11.1 Å². The summed E-state index contributed by atoms with van der Waals surface area (Å²) in [6, 6.07) is 11.8. The third-order valence-electron chi connectivity index (χ3n) is 3.14. The van der Waals surface area contributed by atoms with E-state index >= 15 is 0 Å². The van der Waals surface area contributed by atoms with Crippen molar-refractivity contribution in [3.63, 3.8) is 0 Å². The molecule has 0 spiro atoms. The molecule has 0 N–H and O–H groups in total. The Morgan fingerprint density at radius 3 is 2.20 bits per heavy atom. The fourth-order valence-corrected chi connectivity index (χ4v) is 1.78. The zero-order chi connectivity index (χ0) is 14.4. The monoisotopic (exact) mass is 265 g/mol. The zero-order valence-electron chi connectivity index (χ0n) is 12.2. The summed E-state index contributed by atoms with van der Waals surface area (Å²) in [6.07, 6.45) is 3.59. The van der Waals surface area contributed by atoms with Gasteiger partial charge in [-0.05, 0) is 50.6 Å². The summed E-state index contributed by atoms with van der Waals surface area (Å²) in [6.45, 7) is 6.84. The van der Waals surface area contributed by atoms with Crippen LogP contribution in [0.2, 0.25) is 0 Å². The van der Waals surface area contributed by atoms with Gasteiger partial charge in [0.25, 0.3) is 0 Å². The van der Waals surface area contributed by atoms with Crippen LogP contribution in [0.15, 0.2) is 64.9 Å². The maximum Gasteiger partial charge on any atom is 0.0884 e. The molecule has 0 aromatic carbocycles. The highest BCUT2D eigenvalue weighted by atomic mass is 14.8. The predicted octanol–water partition coefficient (Wildman–Crippen LogP) is 3.82. The lowest BCUT2D eigenvalue weighted by Crippen LogP contribution is -2.07. The van der Waals surface area contributed by atoms with Crippen LogP contribution in [-0.2, 0) is 6.54 Å². The van der Waals surface area contributed by atoms with Gasteiger partial charge in [0.1, 0.15) is 0 Å². The van der Waals surface area contributed by atoms with Gasteiger partial charge in [-0.3, -0.25) is 15.0 Å². The number of hydrogen-bond donors (Lipinski definition) is 0. The Morgan fingerprint density at radius 1 is 0.950 bits per heavy atom. The minimum Gasteiger partial charge on any atom is -0.276 e. The van der Waals surface area contributed by atoms with Crippen LogP contribution in [0.1, 0.15) is 32.2 Å². The molecule has 102 valence electrons. The molecule has 0 fully saturated rings. The van der Waals surface area contributed by atoms with Crippen molar-refractivity contribution in [2.24, 2.45) is 4.99 Å². The Morgan fingerprint density at radius 2 is 1.65 bits per heavy atom. The first kappa shape index (κ1) is 14.1. The molecule has 3 nitrogen and oxygen atoms in total. The Balaban J connectivity index is 2.35. The summed E-state index contributed by atoms with van der Waals surface area (Å²) in [4.78, 5) is 13.4. The third-order valence-corrected chi connectivity index (χ3v) is 3.14. The molecule has 0 amide bonds. The average Bonchev–Trinajstić information content (AvgIpc) is 2.49. The second-order valence-electron chi connectivity index (χ2n) is 4.83. The van der Waals surface area contributed by atoms with Crippen molar-refractivity contribution in [2.45, 2.75) is 27.3 Å². The van der Waals surface area contributed by atoms with Gasteiger partial charge in [0, 0.05) is 12.4 Å². The molecule has 0 aliphatic rings. The molecule has 2 aromatic rings. The largest absolute Gasteiger partial charge is 0.276 e. The van der Waals surface area contributed by atoms with Crippen molar-refractivity contribution < 1.29 is 0 Å². The van der Waals surface area contributed by atoms with E-state index in [9.17, 15) is 0 Å². The van der Waals surface area contributed by atoms with Gasteiger partial charge in [0.2, 0.25) is 0 Å². The molecule has 2 rings (SSSR count). The Bertz CT molecular complexity index is 609. The first-order chi connectivity index (χ1) is 9.68. The summed E-state index contributed by atoms with van der Waals surface area (Å²) in [5, 5.41) is 0. The smallest absolute Gasteiger partial charge is 0.0884 e. The molecule has 0 saturated heterocycles. The minimum absolute atomic E-state index is 0.567. The molecule has 2 heterocycles. The molecule has 20 heavy (non-hydrogen) atoms. The SMILES string of the molecule is CC(C)=C(C)C(=NCc1ccccn1)c1ccccn1. The van der Waals surface area contributed by atoms with E-state index in [1.54, 1.807) is 12.4 Å². The van der Waals surface area contributed by atoms with E-state index in [2.05, 4.69) is 30.7 Å². The van der Waals surface area contributed by atoms with Crippen LogP contribution >= 0.6 is 0 Å². The number of pyridine rings is 2. The number of aliphatic imine (C=N–C) groups is 1. The number of allylic oxidation sites excluding steroid dienone is 2. The van der Waals surface area contributed by atoms with E-state index in [0.29, 0.717) is 6.54 Å². The highest BCUT2D eigenvalue weighted by Gasteiger charge is 2.08. The molecule has 2 aromatic heterocycles. The topological polar surface area (TPSA) is 38.1 Å². The first-order valence-electron chi connectivity index (χ1n) is 6.68. The van der Waals surface area contributed by atoms with E-state index in [0.717, 1.165) is 17.1 Å². The second kappa shape index (κ2) is 6.75. The molecule has 3 heteroatoms. The molecular weight excluding hydrogens is 246 g/mol. The maximum absolute atomic E-state index is 4.72. The van der Waals surface area contributed by atoms with Gasteiger partial charge in [0.05, 0.1) is 23.6 Å². The van der Waals surface area contributed by atoms with E-state index in [4.69, 9.17) is 4.99 Å². The quantitative estimate of drug-likeness (QED) is 0.788. The highest BCUT2D eigenvalue weighted by Crippen LogP contribution is 2.12. The summed E-state index contributed by atoms with van der Waals surface area (Å²) in [7, 11) is 0. The van der Waals surface area contributed by atoms with Crippen LogP contribution in [-0.4, -0.2) is 15.7 Å². The summed E-state index contributed by atoms with van der Waals surface area (Å²) in [5.41, 5.74) is 5.22. The zero-order valence-corrected chi connectivity index (χ0v) is 12.2. The second-order valence-corrected chi connectivity index (χ2v) is 4.83. The van der Waals surface area contributed by atoms with Crippen LogP contribution in [0.3, 0.4) is 0 Å². The van der Waals surface area contributed by atoms with E-state index < -0.39 is 0 Å². The van der Waals surface area contributed by atoms with Crippen molar-refractivity contribution in [3.05, 3.63) is 71.3 Å². The maximum atomic E-state index is 4.72. The third kappa shape index (κ3) is 3.60. The van der Waals surface area contributed by atoms with Crippen molar-refractivity contribution >= 4 is 5.71 Å². The molecule has 0 atom stereocenters. The van der Waals surface area contributed by atoms with E-state index in [1.807, 2.05) is 36.4 Å². The molecule has 0 bridgehead atoms. The highest BCUT2D eigenvalue weighted by molar-refractivity contribution is 6.11. The van der Waals surface area contributed by atoms with Gasteiger partial charge in [-0.1, -0.05) is 17.7 Å². The van der Waals surface area contributed by atoms with Crippen LogP contribution in [0, 0.1) is 0 Å². The molecule has 0 aliphatic heterocycles. The van der Waals surface area contributed by atoms with Crippen LogP contribution in [0.25, 0.3) is 0 Å². The van der Waals surface area contributed by atoms with Crippen molar-refractivity contribution in [2.75, 3.05) is 0 Å². The van der Waals surface area contributed by atoms with Gasteiger partial charge in [-0.2, -0.15) is 0 Å². The van der Waals surface area contributed by atoms with E-state index in [-0.39, 0.29) is 0 Å². The van der Waals surface area contributed by atoms with Gasteiger partial charge >= 0.3 is 0 Å². The fraction of sp³-hybridized carbons (Fsp3) is 0.235. The number of hydrogen-bond acceptors (Lipinski definition) is 3. The Kier molecular flexibility index (Phi) is 4.77. The Labute approximate surface area is 120 Å². The van der Waals surface area contributed by atoms with Gasteiger partial charge in [0.15, 0.2) is 0 Å². The standard InChI is InChI=1S/C17H19N3/c1-13(2)14(3)17(16-9-5-7-11-19-16)20-12-15-8-4-6-10-18-15/h4-11H,12H2,1-3H3. The molecule has 0 aliphatic carbocycles. The van der Waals surface area contributed by atoms with Gasteiger partial charge < -0.3 is 0 Å². The number of rotatable bonds is 4. The minimum atomic E-state index is 0.567. The molecule has 0 unspecified atom stereocenters. The lowest BCUT2D eigenvalue weighted by atomic mass is 10.0. The lowest BCUT2D eigenvalue weighted by Gasteiger charge is -2.09. The van der Waals surface area contributed by atoms with Crippen molar-refractivity contribution in [1.29, 1.82) is 0 Å². The number of nitrogens with zero attached hydrogens (tertiary/aromatic N) is 3. The summed E-state index contributed by atoms with van der Waals surface area (Å²) < 4.78 is 0. The van der Waals surface area contributed by atoms with Crippen molar-refractivity contribution in [3.8, 4) is 0 Å². The number of aromatic nitrogens is 2. The molecular formula is C17H19N3. The Hall–Kier alpha value is -2.29. The normalized spacial score (nSPS) is 11.2. The average molecular weight is 265 g/mol.